The van der Waals surface area contributed by atoms with Crippen LogP contribution in [0.2, 0.25) is 0 Å². The quantitative estimate of drug-likeness (QED) is 0.826. The molecule has 0 bridgehead atoms. The Labute approximate surface area is 95.3 Å². The molecule has 0 heterocycles. The van der Waals surface area contributed by atoms with Crippen LogP contribution in [-0.4, -0.2) is 11.2 Å². The summed E-state index contributed by atoms with van der Waals surface area (Å²) in [6.07, 6.45) is 2.78. The molecule has 1 aliphatic rings. The molecule has 0 amide bonds. The van der Waals surface area contributed by atoms with Gasteiger partial charge in [0.05, 0.1) is 12.1 Å². The van der Waals surface area contributed by atoms with E-state index in [4.69, 9.17) is 5.73 Å². The summed E-state index contributed by atoms with van der Waals surface area (Å²) in [6.45, 7) is 1.83. The first-order valence-electron chi connectivity index (χ1n) is 5.79. The zero-order chi connectivity index (χ0) is 11.7. The van der Waals surface area contributed by atoms with Gasteiger partial charge in [-0.05, 0) is 48.9 Å². The molecule has 0 aromatic heterocycles. The van der Waals surface area contributed by atoms with Crippen molar-refractivity contribution in [2.45, 2.75) is 38.3 Å². The van der Waals surface area contributed by atoms with Gasteiger partial charge in [-0.25, -0.2) is 4.39 Å². The molecule has 1 fully saturated rings. The van der Waals surface area contributed by atoms with Gasteiger partial charge in [-0.15, -0.1) is 0 Å². The number of nitrogens with two attached hydrogens (primary N) is 1. The third-order valence-electron chi connectivity index (χ3n) is 3.59. The van der Waals surface area contributed by atoms with E-state index in [-0.39, 0.29) is 5.82 Å². The molecule has 2 atom stereocenters. The van der Waals surface area contributed by atoms with Gasteiger partial charge in [-0.2, -0.15) is 0 Å². The summed E-state index contributed by atoms with van der Waals surface area (Å²) in [5.41, 5.74) is 7.69. The Kier molecular flexibility index (Phi) is 3.26. The number of halogens is 1. The second-order valence-electron chi connectivity index (χ2n) is 4.71. The van der Waals surface area contributed by atoms with Crippen LogP contribution in [0.25, 0.3) is 0 Å². The molecule has 1 aliphatic carbocycles. The Morgan fingerprint density at radius 1 is 1.44 bits per heavy atom. The standard InChI is InChI=1S/C13H18FNO/c1-8-7-10(14)5-6-11(8)12(15)13(16)9-3-2-4-9/h5-7,9,12-13,16H,2-4,15H2,1H3/t12-,13+/m0/s1. The van der Waals surface area contributed by atoms with Crippen LogP contribution in [0.5, 0.6) is 0 Å². The molecule has 3 heteroatoms. The summed E-state index contributed by atoms with van der Waals surface area (Å²) < 4.78 is 12.9. The maximum atomic E-state index is 12.9. The van der Waals surface area contributed by atoms with Crippen molar-refractivity contribution in [2.75, 3.05) is 0 Å². The third kappa shape index (κ3) is 2.11. The van der Waals surface area contributed by atoms with Crippen molar-refractivity contribution >= 4 is 0 Å². The van der Waals surface area contributed by atoms with E-state index in [0.29, 0.717) is 5.92 Å². The lowest BCUT2D eigenvalue weighted by molar-refractivity contribution is 0.0412. The Balaban J connectivity index is 2.15. The van der Waals surface area contributed by atoms with Crippen molar-refractivity contribution in [3.05, 3.63) is 35.1 Å². The molecule has 2 nitrogen and oxygen atoms in total. The average Bonchev–Trinajstić information content (AvgIpc) is 2.14. The molecule has 2 rings (SSSR count). The number of aryl methyl sites for hydroxylation is 1. The highest BCUT2D eigenvalue weighted by Gasteiger charge is 2.31. The van der Waals surface area contributed by atoms with Crippen LogP contribution in [0.4, 0.5) is 4.39 Å². The summed E-state index contributed by atoms with van der Waals surface area (Å²) in [6, 6.07) is 4.14. The average molecular weight is 223 g/mol. The third-order valence-corrected chi connectivity index (χ3v) is 3.59. The Morgan fingerprint density at radius 3 is 2.62 bits per heavy atom. The predicted molar refractivity (Wildman–Crippen MR) is 61.4 cm³/mol. The van der Waals surface area contributed by atoms with Crippen LogP contribution in [-0.2, 0) is 0 Å². The lowest BCUT2D eigenvalue weighted by Gasteiger charge is -2.34. The largest absolute Gasteiger partial charge is 0.391 e. The minimum Gasteiger partial charge on any atom is -0.391 e. The molecule has 0 saturated heterocycles. The van der Waals surface area contributed by atoms with Gasteiger partial charge in [0.2, 0.25) is 0 Å². The minimum absolute atomic E-state index is 0.258. The van der Waals surface area contributed by atoms with Gasteiger partial charge in [-0.3, -0.25) is 0 Å². The maximum absolute atomic E-state index is 12.9. The molecule has 0 radical (unpaired) electrons. The SMILES string of the molecule is Cc1cc(F)ccc1[C@H](N)[C@H](O)C1CCC1. The highest BCUT2D eigenvalue weighted by atomic mass is 19.1. The lowest BCUT2D eigenvalue weighted by Crippen LogP contribution is -2.36. The van der Waals surface area contributed by atoms with E-state index in [2.05, 4.69) is 0 Å². The van der Waals surface area contributed by atoms with Gasteiger partial charge in [0, 0.05) is 0 Å². The summed E-state index contributed by atoms with van der Waals surface area (Å²) in [5, 5.41) is 10.1. The van der Waals surface area contributed by atoms with Gasteiger partial charge in [-0.1, -0.05) is 12.5 Å². The van der Waals surface area contributed by atoms with Crippen molar-refractivity contribution in [3.63, 3.8) is 0 Å². The number of rotatable bonds is 3. The highest BCUT2D eigenvalue weighted by Crippen LogP contribution is 2.34. The van der Waals surface area contributed by atoms with Crippen LogP contribution in [0.3, 0.4) is 0 Å². The molecule has 3 N–H and O–H groups in total. The zero-order valence-corrected chi connectivity index (χ0v) is 9.49. The first kappa shape index (κ1) is 11.6. The molecule has 16 heavy (non-hydrogen) atoms. The molecule has 1 aromatic carbocycles. The van der Waals surface area contributed by atoms with Crippen molar-refractivity contribution in [3.8, 4) is 0 Å². The van der Waals surface area contributed by atoms with E-state index in [1.807, 2.05) is 6.92 Å². The monoisotopic (exact) mass is 223 g/mol. The molecule has 1 aromatic rings. The van der Waals surface area contributed by atoms with Crippen molar-refractivity contribution < 1.29 is 9.50 Å². The first-order valence-corrected chi connectivity index (χ1v) is 5.79. The summed E-state index contributed by atoms with van der Waals surface area (Å²) >= 11 is 0. The summed E-state index contributed by atoms with van der Waals surface area (Å²) in [5.74, 6) is 0.0611. The smallest absolute Gasteiger partial charge is 0.123 e. The van der Waals surface area contributed by atoms with Gasteiger partial charge >= 0.3 is 0 Å². The van der Waals surface area contributed by atoms with Crippen LogP contribution in [0.15, 0.2) is 18.2 Å². The molecule has 0 unspecified atom stereocenters. The Bertz CT molecular complexity index is 376. The molecular formula is C13H18FNO. The molecule has 1 saturated carbocycles. The van der Waals surface area contributed by atoms with Crippen molar-refractivity contribution in [1.82, 2.24) is 0 Å². The van der Waals surface area contributed by atoms with Crippen LogP contribution in [0.1, 0.15) is 36.4 Å². The van der Waals surface area contributed by atoms with Gasteiger partial charge in [0.1, 0.15) is 5.82 Å². The van der Waals surface area contributed by atoms with Crippen LogP contribution in [0, 0.1) is 18.7 Å². The van der Waals surface area contributed by atoms with Crippen LogP contribution < -0.4 is 5.73 Å². The fourth-order valence-corrected chi connectivity index (χ4v) is 2.27. The fraction of sp³-hybridized carbons (Fsp3) is 0.538. The summed E-state index contributed by atoms with van der Waals surface area (Å²) in [4.78, 5) is 0. The van der Waals surface area contributed by atoms with Crippen LogP contribution >= 0.6 is 0 Å². The minimum atomic E-state index is -0.502. The van der Waals surface area contributed by atoms with E-state index in [0.717, 1.165) is 24.0 Å². The number of aliphatic hydroxyl groups excluding tert-OH is 1. The normalized spacial score (nSPS) is 20.2. The Hall–Kier alpha value is -0.930. The zero-order valence-electron chi connectivity index (χ0n) is 9.49. The molecule has 0 aliphatic heterocycles. The Morgan fingerprint density at radius 2 is 2.12 bits per heavy atom. The van der Waals surface area contributed by atoms with E-state index >= 15 is 0 Å². The van der Waals surface area contributed by atoms with Crippen molar-refractivity contribution in [2.24, 2.45) is 11.7 Å². The maximum Gasteiger partial charge on any atom is 0.123 e. The van der Waals surface area contributed by atoms with Gasteiger partial charge < -0.3 is 10.8 Å². The van der Waals surface area contributed by atoms with E-state index in [9.17, 15) is 9.50 Å². The second-order valence-corrected chi connectivity index (χ2v) is 4.71. The first-order chi connectivity index (χ1) is 7.59. The number of hydrogen-bond donors (Lipinski definition) is 2. The van der Waals surface area contributed by atoms with Gasteiger partial charge in [0.25, 0.3) is 0 Å². The lowest BCUT2D eigenvalue weighted by atomic mass is 9.77. The molecular weight excluding hydrogens is 205 g/mol. The fourth-order valence-electron chi connectivity index (χ4n) is 2.27. The second kappa shape index (κ2) is 4.52. The van der Waals surface area contributed by atoms with E-state index in [1.165, 1.54) is 18.6 Å². The van der Waals surface area contributed by atoms with Gasteiger partial charge in [0.15, 0.2) is 0 Å². The highest BCUT2D eigenvalue weighted by molar-refractivity contribution is 5.30. The predicted octanol–water partition coefficient (Wildman–Crippen LogP) is 2.29. The van der Waals surface area contributed by atoms with E-state index < -0.39 is 12.1 Å². The molecule has 0 spiro atoms. The van der Waals surface area contributed by atoms with E-state index in [1.54, 1.807) is 6.07 Å². The number of benzene rings is 1. The number of aliphatic hydroxyl groups is 1. The topological polar surface area (TPSA) is 46.2 Å². The number of hydrogen-bond acceptors (Lipinski definition) is 2. The molecule has 88 valence electrons. The summed E-state index contributed by atoms with van der Waals surface area (Å²) in [7, 11) is 0. The van der Waals surface area contributed by atoms with Crippen molar-refractivity contribution in [1.29, 1.82) is 0 Å².